The Morgan fingerprint density at radius 2 is 1.52 bits per heavy atom. The average Bonchev–Trinajstić information content (AvgIpc) is 2.77. The number of anilines is 1. The van der Waals surface area contributed by atoms with E-state index in [1.807, 2.05) is 20.8 Å². The van der Waals surface area contributed by atoms with Crippen LogP contribution in [0.3, 0.4) is 0 Å². The van der Waals surface area contributed by atoms with Crippen LogP contribution in [0.5, 0.6) is 0 Å². The van der Waals surface area contributed by atoms with E-state index in [2.05, 4.69) is 10.6 Å². The van der Waals surface area contributed by atoms with Crippen LogP contribution in [0.1, 0.15) is 49.5 Å². The molecule has 7 nitrogen and oxygen atoms in total. The van der Waals surface area contributed by atoms with Crippen molar-refractivity contribution in [2.24, 2.45) is 0 Å². The molecule has 0 atom stereocenters. The summed E-state index contributed by atoms with van der Waals surface area (Å²) in [5.74, 6) is -0.283. The lowest BCUT2D eigenvalue weighted by Crippen LogP contribution is -2.30. The summed E-state index contributed by atoms with van der Waals surface area (Å²) in [6.07, 6.45) is 1.63. The minimum absolute atomic E-state index is 0.133. The third-order valence-electron chi connectivity index (χ3n) is 4.87. The Morgan fingerprint density at radius 1 is 0.903 bits per heavy atom. The zero-order chi connectivity index (χ0) is 22.9. The van der Waals surface area contributed by atoms with Crippen LogP contribution in [0.25, 0.3) is 0 Å². The minimum atomic E-state index is -3.48. The van der Waals surface area contributed by atoms with Crippen LogP contribution in [0.2, 0.25) is 0 Å². The van der Waals surface area contributed by atoms with Crippen molar-refractivity contribution in [3.63, 3.8) is 0 Å². The predicted molar refractivity (Wildman–Crippen MR) is 123 cm³/mol. The highest BCUT2D eigenvalue weighted by Crippen LogP contribution is 2.17. The van der Waals surface area contributed by atoms with Crippen LogP contribution in [0.15, 0.2) is 53.4 Å². The third-order valence-corrected chi connectivity index (χ3v) is 6.94. The molecule has 0 radical (unpaired) electrons. The molecule has 0 spiro atoms. The fourth-order valence-electron chi connectivity index (χ4n) is 3.07. The summed E-state index contributed by atoms with van der Waals surface area (Å²) in [6, 6.07) is 13.4. The summed E-state index contributed by atoms with van der Waals surface area (Å²) in [7, 11) is -3.48. The Kier molecular flexibility index (Phi) is 9.21. The van der Waals surface area contributed by atoms with E-state index in [1.165, 1.54) is 4.31 Å². The number of amides is 2. The number of benzene rings is 2. The number of aryl methyl sites for hydroxylation is 1. The molecule has 8 heteroatoms. The van der Waals surface area contributed by atoms with Crippen molar-refractivity contribution in [1.82, 2.24) is 9.62 Å². The van der Waals surface area contributed by atoms with Crippen LogP contribution in [-0.4, -0.2) is 44.2 Å². The molecule has 31 heavy (non-hydrogen) atoms. The summed E-state index contributed by atoms with van der Waals surface area (Å²) >= 11 is 0. The summed E-state index contributed by atoms with van der Waals surface area (Å²) in [6.45, 7) is 7.07. The van der Waals surface area contributed by atoms with E-state index in [-0.39, 0.29) is 23.1 Å². The highest BCUT2D eigenvalue weighted by atomic mass is 32.2. The Balaban J connectivity index is 1.89. The highest BCUT2D eigenvalue weighted by molar-refractivity contribution is 7.89. The first-order valence-corrected chi connectivity index (χ1v) is 12.0. The van der Waals surface area contributed by atoms with Gasteiger partial charge in [0.25, 0.3) is 5.91 Å². The molecule has 2 N–H and O–H groups in total. The van der Waals surface area contributed by atoms with Crippen molar-refractivity contribution in [1.29, 1.82) is 0 Å². The molecule has 0 saturated heterocycles. The number of carbonyl (C=O) groups excluding carboxylic acids is 2. The summed E-state index contributed by atoms with van der Waals surface area (Å²) in [4.78, 5) is 24.4. The van der Waals surface area contributed by atoms with Gasteiger partial charge in [-0.3, -0.25) is 9.59 Å². The third kappa shape index (κ3) is 6.90. The molecular formula is C23H31N3O4S. The van der Waals surface area contributed by atoms with Crippen molar-refractivity contribution in [3.8, 4) is 0 Å². The molecule has 0 unspecified atom stereocenters. The Bertz CT molecular complexity index is 967. The van der Waals surface area contributed by atoms with Gasteiger partial charge >= 0.3 is 0 Å². The van der Waals surface area contributed by atoms with Gasteiger partial charge in [0, 0.05) is 37.3 Å². The lowest BCUT2D eigenvalue weighted by molar-refractivity contribution is -0.116. The predicted octanol–water partition coefficient (Wildman–Crippen LogP) is 3.43. The summed E-state index contributed by atoms with van der Waals surface area (Å²) < 4.78 is 26.5. The highest BCUT2D eigenvalue weighted by Gasteiger charge is 2.21. The fraction of sp³-hybridized carbons (Fsp3) is 0.391. The number of sulfonamides is 1. The summed E-state index contributed by atoms with van der Waals surface area (Å²) in [5, 5.41) is 5.62. The van der Waals surface area contributed by atoms with Crippen LogP contribution < -0.4 is 10.6 Å². The molecule has 0 heterocycles. The first-order valence-electron chi connectivity index (χ1n) is 10.6. The molecule has 2 amide bonds. The van der Waals surface area contributed by atoms with Crippen molar-refractivity contribution >= 4 is 27.5 Å². The van der Waals surface area contributed by atoms with E-state index >= 15 is 0 Å². The number of carbonyl (C=O) groups is 2. The van der Waals surface area contributed by atoms with E-state index in [4.69, 9.17) is 0 Å². The van der Waals surface area contributed by atoms with Gasteiger partial charge in [0.15, 0.2) is 0 Å². The topological polar surface area (TPSA) is 95.6 Å². The minimum Gasteiger partial charge on any atom is -0.352 e. The van der Waals surface area contributed by atoms with Crippen molar-refractivity contribution < 1.29 is 18.0 Å². The molecule has 2 aromatic rings. The van der Waals surface area contributed by atoms with Gasteiger partial charge in [0.1, 0.15) is 0 Å². The van der Waals surface area contributed by atoms with Gasteiger partial charge in [0.05, 0.1) is 4.90 Å². The van der Waals surface area contributed by atoms with Gasteiger partial charge in [-0.2, -0.15) is 4.31 Å². The monoisotopic (exact) mass is 445 g/mol. The van der Waals surface area contributed by atoms with E-state index in [0.29, 0.717) is 37.3 Å². The Hall–Kier alpha value is -2.71. The van der Waals surface area contributed by atoms with Crippen LogP contribution >= 0.6 is 0 Å². The quantitative estimate of drug-likeness (QED) is 0.554. The van der Waals surface area contributed by atoms with Gasteiger partial charge in [-0.05, 0) is 54.8 Å². The molecule has 0 aliphatic heterocycles. The number of nitrogens with zero attached hydrogens (tertiary/aromatic N) is 1. The fourth-order valence-corrected chi connectivity index (χ4v) is 4.53. The second kappa shape index (κ2) is 11.6. The first-order chi connectivity index (χ1) is 14.8. The first kappa shape index (κ1) is 24.6. The van der Waals surface area contributed by atoms with E-state index in [0.717, 1.165) is 12.0 Å². The average molecular weight is 446 g/mol. The van der Waals surface area contributed by atoms with Crippen LogP contribution in [0.4, 0.5) is 5.69 Å². The maximum atomic E-state index is 12.5. The molecule has 0 fully saturated rings. The molecule has 0 saturated carbocycles. The zero-order valence-electron chi connectivity index (χ0n) is 18.3. The van der Waals surface area contributed by atoms with Crippen molar-refractivity contribution in [2.75, 3.05) is 25.0 Å². The summed E-state index contributed by atoms with van der Waals surface area (Å²) in [5.41, 5.74) is 2.06. The second-order valence-corrected chi connectivity index (χ2v) is 9.05. The van der Waals surface area contributed by atoms with E-state index < -0.39 is 10.0 Å². The number of hydrogen-bond donors (Lipinski definition) is 2. The Labute approximate surface area is 184 Å². The SMILES string of the molecule is CCCNC(=O)c1ccc(NC(=O)CCc2ccc(S(=O)(=O)N(CC)CC)cc2)cc1. The van der Waals surface area contributed by atoms with Gasteiger partial charge in [-0.1, -0.05) is 32.9 Å². The van der Waals surface area contributed by atoms with Gasteiger partial charge in [-0.15, -0.1) is 0 Å². The van der Waals surface area contributed by atoms with Crippen LogP contribution in [0, 0.1) is 0 Å². The standard InChI is InChI=1S/C23H31N3O4S/c1-4-17-24-23(28)19-10-12-20(13-11-19)25-22(27)16-9-18-7-14-21(15-8-18)31(29,30)26(5-2)6-3/h7-8,10-15H,4-6,9,16-17H2,1-3H3,(H,24,28)(H,25,27). The molecule has 2 aromatic carbocycles. The maximum absolute atomic E-state index is 12.5. The van der Waals surface area contributed by atoms with Gasteiger partial charge < -0.3 is 10.6 Å². The smallest absolute Gasteiger partial charge is 0.251 e. The molecule has 0 aliphatic rings. The molecular weight excluding hydrogens is 414 g/mol. The van der Waals surface area contributed by atoms with Crippen LogP contribution in [-0.2, 0) is 21.2 Å². The van der Waals surface area contributed by atoms with Crippen molar-refractivity contribution in [3.05, 3.63) is 59.7 Å². The van der Waals surface area contributed by atoms with E-state index in [9.17, 15) is 18.0 Å². The number of hydrogen-bond acceptors (Lipinski definition) is 4. The zero-order valence-corrected chi connectivity index (χ0v) is 19.2. The molecule has 2 rings (SSSR count). The molecule has 0 aromatic heterocycles. The number of rotatable bonds is 11. The molecule has 168 valence electrons. The van der Waals surface area contributed by atoms with Crippen molar-refractivity contribution in [2.45, 2.75) is 44.9 Å². The lowest BCUT2D eigenvalue weighted by atomic mass is 10.1. The Morgan fingerprint density at radius 3 is 2.06 bits per heavy atom. The molecule has 0 aliphatic carbocycles. The number of nitrogens with one attached hydrogen (secondary N) is 2. The largest absolute Gasteiger partial charge is 0.352 e. The normalized spacial score (nSPS) is 11.4. The van der Waals surface area contributed by atoms with E-state index in [1.54, 1.807) is 48.5 Å². The lowest BCUT2D eigenvalue weighted by Gasteiger charge is -2.18. The molecule has 0 bridgehead atoms. The maximum Gasteiger partial charge on any atom is 0.251 e. The second-order valence-electron chi connectivity index (χ2n) is 7.11. The van der Waals surface area contributed by atoms with Gasteiger partial charge in [0.2, 0.25) is 15.9 Å². The van der Waals surface area contributed by atoms with Gasteiger partial charge in [-0.25, -0.2) is 8.42 Å².